The van der Waals surface area contributed by atoms with Crippen molar-refractivity contribution < 1.29 is 9.13 Å². The summed E-state index contributed by atoms with van der Waals surface area (Å²) in [4.78, 5) is 18.7. The highest BCUT2D eigenvalue weighted by Gasteiger charge is 2.52. The minimum Gasteiger partial charge on any atom is -0.434 e. The van der Waals surface area contributed by atoms with Gasteiger partial charge in [-0.25, -0.2) is 19.3 Å². The first-order valence-corrected chi connectivity index (χ1v) is 15.0. The Bertz CT molecular complexity index is 1430. The Labute approximate surface area is 240 Å². The SMILES string of the molecule is Cc1ncc(-c2cc(F)ccc2Oc2nncnc2N2CCC3(C2)CN([C@H](C(C)C)C2CC(N)C2)C3)c(C2CC2)n1. The van der Waals surface area contributed by atoms with Crippen molar-refractivity contribution >= 4 is 5.82 Å². The van der Waals surface area contributed by atoms with E-state index in [2.05, 4.69) is 43.8 Å². The van der Waals surface area contributed by atoms with Gasteiger partial charge in [0.1, 0.15) is 23.7 Å². The van der Waals surface area contributed by atoms with Crippen LogP contribution in [0.25, 0.3) is 11.1 Å². The van der Waals surface area contributed by atoms with E-state index in [4.69, 9.17) is 15.5 Å². The average molecular weight is 559 g/mol. The maximum atomic E-state index is 14.5. The van der Waals surface area contributed by atoms with E-state index in [0.717, 1.165) is 75.5 Å². The van der Waals surface area contributed by atoms with Gasteiger partial charge >= 0.3 is 0 Å². The fourth-order valence-electron chi connectivity index (χ4n) is 7.46. The molecule has 10 heteroatoms. The maximum Gasteiger partial charge on any atom is 0.282 e. The highest BCUT2D eigenvalue weighted by Crippen LogP contribution is 2.48. The molecule has 2 saturated carbocycles. The molecule has 0 unspecified atom stereocenters. The molecule has 216 valence electrons. The van der Waals surface area contributed by atoms with Gasteiger partial charge in [-0.3, -0.25) is 4.90 Å². The molecule has 4 heterocycles. The fraction of sp³-hybridized carbons (Fsp3) is 0.581. The summed E-state index contributed by atoms with van der Waals surface area (Å²) in [5, 5.41) is 8.38. The van der Waals surface area contributed by atoms with E-state index in [9.17, 15) is 4.39 Å². The molecular weight excluding hydrogens is 519 g/mol. The quantitative estimate of drug-likeness (QED) is 0.420. The largest absolute Gasteiger partial charge is 0.434 e. The van der Waals surface area contributed by atoms with E-state index in [1.54, 1.807) is 12.3 Å². The second kappa shape index (κ2) is 10.2. The highest BCUT2D eigenvalue weighted by atomic mass is 19.1. The molecule has 41 heavy (non-hydrogen) atoms. The summed E-state index contributed by atoms with van der Waals surface area (Å²) in [6.45, 7) is 10.6. The maximum absolute atomic E-state index is 14.5. The van der Waals surface area contributed by atoms with E-state index in [1.165, 1.54) is 18.5 Å². The molecule has 0 radical (unpaired) electrons. The van der Waals surface area contributed by atoms with Gasteiger partial charge < -0.3 is 15.4 Å². The van der Waals surface area contributed by atoms with Crippen LogP contribution in [0.2, 0.25) is 0 Å². The number of rotatable bonds is 8. The third kappa shape index (κ3) is 5.05. The summed E-state index contributed by atoms with van der Waals surface area (Å²) >= 11 is 0. The van der Waals surface area contributed by atoms with Gasteiger partial charge in [-0.1, -0.05) is 13.8 Å². The minimum absolute atomic E-state index is 0.251. The Hall–Kier alpha value is -3.24. The number of hydrogen-bond donors (Lipinski definition) is 1. The second-order valence-electron chi connectivity index (χ2n) is 13.1. The number of nitrogens with two attached hydrogens (primary N) is 1. The lowest BCUT2D eigenvalue weighted by Gasteiger charge is -2.56. The van der Waals surface area contributed by atoms with Crippen molar-refractivity contribution in [3.8, 4) is 22.8 Å². The lowest BCUT2D eigenvalue weighted by Crippen LogP contribution is -2.65. The molecule has 4 fully saturated rings. The first-order valence-electron chi connectivity index (χ1n) is 15.0. The monoisotopic (exact) mass is 558 g/mol. The van der Waals surface area contributed by atoms with E-state index in [-0.39, 0.29) is 11.2 Å². The van der Waals surface area contributed by atoms with Crippen LogP contribution < -0.4 is 15.4 Å². The Kier molecular flexibility index (Phi) is 6.65. The van der Waals surface area contributed by atoms with Crippen LogP contribution in [0.5, 0.6) is 11.6 Å². The summed E-state index contributed by atoms with van der Waals surface area (Å²) in [7, 11) is 0. The number of aromatic nitrogens is 5. The molecule has 1 atom stereocenters. The molecule has 2 aromatic heterocycles. The number of likely N-dealkylation sites (tertiary alicyclic amines) is 1. The van der Waals surface area contributed by atoms with Gasteiger partial charge in [0.05, 0.1) is 5.69 Å². The van der Waals surface area contributed by atoms with Crippen LogP contribution in [0.1, 0.15) is 63.4 Å². The molecule has 2 saturated heterocycles. The third-order valence-electron chi connectivity index (χ3n) is 9.53. The predicted octanol–water partition coefficient (Wildman–Crippen LogP) is 4.72. The van der Waals surface area contributed by atoms with Crippen molar-refractivity contribution in [3.63, 3.8) is 0 Å². The molecule has 1 aromatic carbocycles. The first kappa shape index (κ1) is 26.6. The lowest BCUT2D eigenvalue weighted by atomic mass is 9.68. The number of anilines is 1. The topological polar surface area (TPSA) is 106 Å². The van der Waals surface area contributed by atoms with Gasteiger partial charge in [-0.15, -0.1) is 10.2 Å². The molecule has 7 rings (SSSR count). The summed E-state index contributed by atoms with van der Waals surface area (Å²) in [6.07, 6.45) is 8.80. The molecule has 0 bridgehead atoms. The summed E-state index contributed by atoms with van der Waals surface area (Å²) in [6, 6.07) is 5.53. The Morgan fingerprint density at radius 2 is 1.90 bits per heavy atom. The smallest absolute Gasteiger partial charge is 0.282 e. The number of halogens is 1. The molecule has 3 aromatic rings. The van der Waals surface area contributed by atoms with E-state index < -0.39 is 0 Å². The number of aryl methyl sites for hydroxylation is 1. The minimum atomic E-state index is -0.341. The molecule has 2 aliphatic heterocycles. The number of ether oxygens (including phenoxy) is 1. The summed E-state index contributed by atoms with van der Waals surface area (Å²) < 4.78 is 20.9. The van der Waals surface area contributed by atoms with E-state index >= 15 is 0 Å². The van der Waals surface area contributed by atoms with Crippen molar-refractivity contribution in [1.82, 2.24) is 30.0 Å². The Balaban J connectivity index is 1.11. The third-order valence-corrected chi connectivity index (χ3v) is 9.53. The molecule has 1 spiro atoms. The van der Waals surface area contributed by atoms with Gasteiger partial charge in [0.15, 0.2) is 5.82 Å². The predicted molar refractivity (Wildman–Crippen MR) is 154 cm³/mol. The Morgan fingerprint density at radius 3 is 2.63 bits per heavy atom. The second-order valence-corrected chi connectivity index (χ2v) is 13.1. The van der Waals surface area contributed by atoms with Gasteiger partial charge in [-0.2, -0.15) is 0 Å². The van der Waals surface area contributed by atoms with Gasteiger partial charge in [-0.05, 0) is 69.1 Å². The van der Waals surface area contributed by atoms with Crippen LogP contribution in [0.15, 0.2) is 30.7 Å². The molecule has 9 nitrogen and oxygen atoms in total. The standard InChI is InChI=1S/C31H39FN8O/c1-18(2)28(21-10-23(33)11-21)40-15-31(16-40)8-9-39(14-31)29-30(38-36-17-35-29)41-26-7-6-22(32)12-24(26)25-13-34-19(3)37-27(25)20-4-5-20/h6-7,12-13,17-18,20-21,23,28H,4-5,8-11,14-16,33H2,1-3H3/t21?,23?,28-/m1/s1. The van der Waals surface area contributed by atoms with Crippen LogP contribution >= 0.6 is 0 Å². The molecule has 0 amide bonds. The normalized spacial score (nSPS) is 24.4. The first-order chi connectivity index (χ1) is 19.8. The van der Waals surface area contributed by atoms with Crippen LogP contribution in [0.4, 0.5) is 10.2 Å². The fourth-order valence-corrected chi connectivity index (χ4v) is 7.46. The zero-order chi connectivity index (χ0) is 28.3. The molecule has 4 aliphatic rings. The molecular formula is C31H39FN8O. The van der Waals surface area contributed by atoms with E-state index in [1.807, 2.05) is 6.92 Å². The van der Waals surface area contributed by atoms with Crippen LogP contribution in [-0.4, -0.2) is 68.3 Å². The summed E-state index contributed by atoms with van der Waals surface area (Å²) in [5.41, 5.74) is 8.75. The van der Waals surface area contributed by atoms with Crippen LogP contribution in [0, 0.1) is 30.0 Å². The van der Waals surface area contributed by atoms with Crippen molar-refractivity contribution in [2.45, 2.75) is 70.9 Å². The number of benzene rings is 1. The molecule has 2 aliphatic carbocycles. The van der Waals surface area contributed by atoms with Gasteiger partial charge in [0.2, 0.25) is 0 Å². The van der Waals surface area contributed by atoms with Crippen LogP contribution in [-0.2, 0) is 0 Å². The number of hydrogen-bond acceptors (Lipinski definition) is 9. The van der Waals surface area contributed by atoms with Crippen molar-refractivity contribution in [3.05, 3.63) is 48.1 Å². The summed E-state index contributed by atoms with van der Waals surface area (Å²) in [5.74, 6) is 3.59. The average Bonchev–Trinajstić information content (AvgIpc) is 3.67. The van der Waals surface area contributed by atoms with Crippen molar-refractivity contribution in [2.24, 2.45) is 23.0 Å². The van der Waals surface area contributed by atoms with Crippen molar-refractivity contribution in [2.75, 3.05) is 31.1 Å². The van der Waals surface area contributed by atoms with Gasteiger partial charge in [0.25, 0.3) is 5.88 Å². The van der Waals surface area contributed by atoms with E-state index in [0.29, 0.717) is 52.8 Å². The van der Waals surface area contributed by atoms with Crippen molar-refractivity contribution in [1.29, 1.82) is 0 Å². The zero-order valence-electron chi connectivity index (χ0n) is 24.1. The zero-order valence-corrected chi connectivity index (χ0v) is 24.1. The van der Waals surface area contributed by atoms with Crippen LogP contribution in [0.3, 0.4) is 0 Å². The Morgan fingerprint density at radius 1 is 1.10 bits per heavy atom. The number of nitrogens with zero attached hydrogens (tertiary/aromatic N) is 7. The lowest BCUT2D eigenvalue weighted by molar-refractivity contribution is -0.0667. The highest BCUT2D eigenvalue weighted by molar-refractivity contribution is 5.73. The molecule has 2 N–H and O–H groups in total. The van der Waals surface area contributed by atoms with Gasteiger partial charge in [0, 0.05) is 66.9 Å².